The van der Waals surface area contributed by atoms with Crippen LogP contribution in [0.1, 0.15) is 10.4 Å². The number of rotatable bonds is 2. The van der Waals surface area contributed by atoms with E-state index >= 15 is 0 Å². The van der Waals surface area contributed by atoms with Crippen LogP contribution in [-0.4, -0.2) is 5.91 Å². The molecule has 7 heteroatoms. The molecule has 2 aromatic rings. The minimum atomic E-state index is -0.593. The Kier molecular flexibility index (Phi) is 4.38. The minimum absolute atomic E-state index is 0.119. The lowest BCUT2D eigenvalue weighted by Crippen LogP contribution is -2.13. The molecule has 0 fully saturated rings. The van der Waals surface area contributed by atoms with Gasteiger partial charge in [0.05, 0.1) is 21.4 Å². The molecule has 0 heterocycles. The summed E-state index contributed by atoms with van der Waals surface area (Å²) in [6.07, 6.45) is 0. The molecule has 0 atom stereocenters. The molecule has 0 aliphatic rings. The van der Waals surface area contributed by atoms with E-state index in [0.717, 1.165) is 6.07 Å². The Morgan fingerprint density at radius 3 is 2.25 bits per heavy atom. The Labute approximate surface area is 129 Å². The molecule has 20 heavy (non-hydrogen) atoms. The Hall–Kier alpha value is -1.49. The van der Waals surface area contributed by atoms with E-state index in [-0.39, 0.29) is 27.0 Å². The molecular formula is C13H8Cl3FN2O. The van der Waals surface area contributed by atoms with Crippen LogP contribution in [0.5, 0.6) is 0 Å². The number of nitrogen functional groups attached to an aromatic ring is 1. The first kappa shape index (κ1) is 14.9. The van der Waals surface area contributed by atoms with Crippen molar-refractivity contribution in [3.63, 3.8) is 0 Å². The summed E-state index contributed by atoms with van der Waals surface area (Å²) < 4.78 is 13.0. The lowest BCUT2D eigenvalue weighted by Gasteiger charge is -2.10. The van der Waals surface area contributed by atoms with E-state index in [4.69, 9.17) is 40.5 Å². The quantitative estimate of drug-likeness (QED) is 0.788. The molecule has 2 rings (SSSR count). The highest BCUT2D eigenvalue weighted by Gasteiger charge is 2.13. The van der Waals surface area contributed by atoms with Crippen molar-refractivity contribution in [1.29, 1.82) is 0 Å². The fraction of sp³-hybridized carbons (Fsp3) is 0. The van der Waals surface area contributed by atoms with E-state index in [2.05, 4.69) is 5.32 Å². The first-order chi connectivity index (χ1) is 9.38. The molecule has 104 valence electrons. The molecule has 0 unspecified atom stereocenters. The second-order valence-corrected chi connectivity index (χ2v) is 5.19. The summed E-state index contributed by atoms with van der Waals surface area (Å²) in [5.41, 5.74) is 5.70. The Morgan fingerprint density at radius 2 is 1.70 bits per heavy atom. The highest BCUT2D eigenvalue weighted by Crippen LogP contribution is 2.34. The number of amides is 1. The van der Waals surface area contributed by atoms with Crippen LogP contribution >= 0.6 is 34.8 Å². The average Bonchev–Trinajstić information content (AvgIpc) is 2.36. The van der Waals surface area contributed by atoms with Crippen LogP contribution < -0.4 is 11.1 Å². The normalized spacial score (nSPS) is 10.4. The number of benzene rings is 2. The largest absolute Gasteiger partial charge is 0.396 e. The molecule has 0 aliphatic heterocycles. The van der Waals surface area contributed by atoms with Crippen LogP contribution in [0.2, 0.25) is 15.1 Å². The molecule has 0 bridgehead atoms. The van der Waals surface area contributed by atoms with Gasteiger partial charge in [0.15, 0.2) is 0 Å². The minimum Gasteiger partial charge on any atom is -0.396 e. The van der Waals surface area contributed by atoms with Crippen molar-refractivity contribution < 1.29 is 9.18 Å². The summed E-state index contributed by atoms with van der Waals surface area (Å²) in [5.74, 6) is -1.10. The molecule has 0 spiro atoms. The number of nitrogens with one attached hydrogen (secondary N) is 1. The van der Waals surface area contributed by atoms with Crippen LogP contribution in [0.15, 0.2) is 30.3 Å². The van der Waals surface area contributed by atoms with Crippen molar-refractivity contribution >= 4 is 52.1 Å². The summed E-state index contributed by atoms with van der Waals surface area (Å²) >= 11 is 17.7. The highest BCUT2D eigenvalue weighted by atomic mass is 35.5. The third kappa shape index (κ3) is 3.15. The highest BCUT2D eigenvalue weighted by molar-refractivity contribution is 6.42. The molecule has 0 aromatic heterocycles. The van der Waals surface area contributed by atoms with Gasteiger partial charge in [-0.2, -0.15) is 0 Å². The second kappa shape index (κ2) is 5.87. The van der Waals surface area contributed by atoms with E-state index in [1.54, 1.807) is 0 Å². The lowest BCUT2D eigenvalue weighted by molar-refractivity contribution is 0.102. The smallest absolute Gasteiger partial charge is 0.255 e. The van der Waals surface area contributed by atoms with E-state index in [1.165, 1.54) is 24.3 Å². The number of hydrogen-bond acceptors (Lipinski definition) is 2. The van der Waals surface area contributed by atoms with Crippen LogP contribution in [0.3, 0.4) is 0 Å². The van der Waals surface area contributed by atoms with Crippen LogP contribution in [0, 0.1) is 5.82 Å². The van der Waals surface area contributed by atoms with Gasteiger partial charge in [0.1, 0.15) is 5.82 Å². The van der Waals surface area contributed by atoms with Crippen LogP contribution in [0.4, 0.5) is 15.8 Å². The van der Waals surface area contributed by atoms with Gasteiger partial charge in [0.25, 0.3) is 5.91 Å². The number of halogens is 4. The van der Waals surface area contributed by atoms with E-state index in [9.17, 15) is 9.18 Å². The first-order valence-electron chi connectivity index (χ1n) is 5.39. The van der Waals surface area contributed by atoms with Gasteiger partial charge in [-0.25, -0.2) is 4.39 Å². The zero-order valence-electron chi connectivity index (χ0n) is 9.88. The van der Waals surface area contributed by atoms with E-state index in [1.807, 2.05) is 0 Å². The predicted octanol–water partition coefficient (Wildman–Crippen LogP) is 4.62. The molecule has 1 amide bonds. The zero-order valence-corrected chi connectivity index (χ0v) is 12.2. The van der Waals surface area contributed by atoms with Crippen molar-refractivity contribution in [2.45, 2.75) is 0 Å². The Balaban J connectivity index is 2.30. The monoisotopic (exact) mass is 332 g/mol. The van der Waals surface area contributed by atoms with Gasteiger partial charge in [-0.15, -0.1) is 0 Å². The Bertz CT molecular complexity index is 668. The van der Waals surface area contributed by atoms with Gasteiger partial charge in [-0.1, -0.05) is 34.8 Å². The standard InChI is InChI=1S/C13H8Cl3FN2O/c14-7-4-8(15)12(9(16)5-7)19-13(20)6-1-2-10(17)11(18)3-6/h1-5H,18H2,(H,19,20). The summed E-state index contributed by atoms with van der Waals surface area (Å²) in [7, 11) is 0. The molecule has 2 aromatic carbocycles. The van der Waals surface area contributed by atoms with Crippen molar-refractivity contribution in [1.82, 2.24) is 0 Å². The zero-order chi connectivity index (χ0) is 14.9. The van der Waals surface area contributed by atoms with Crippen molar-refractivity contribution in [3.05, 3.63) is 56.8 Å². The molecule has 0 aliphatic carbocycles. The number of carbonyl (C=O) groups is 1. The first-order valence-corrected chi connectivity index (χ1v) is 6.53. The van der Waals surface area contributed by atoms with Gasteiger partial charge in [-0.05, 0) is 30.3 Å². The predicted molar refractivity (Wildman–Crippen MR) is 80.2 cm³/mol. The SMILES string of the molecule is Nc1cc(C(=O)Nc2c(Cl)cc(Cl)cc2Cl)ccc1F. The van der Waals surface area contributed by atoms with E-state index in [0.29, 0.717) is 5.02 Å². The summed E-state index contributed by atoms with van der Waals surface area (Å²) in [4.78, 5) is 12.0. The molecule has 0 radical (unpaired) electrons. The van der Waals surface area contributed by atoms with Gasteiger partial charge in [0.2, 0.25) is 0 Å². The molecule has 0 saturated carbocycles. The summed E-state index contributed by atoms with van der Waals surface area (Å²) in [6, 6.07) is 6.53. The van der Waals surface area contributed by atoms with Crippen LogP contribution in [0.25, 0.3) is 0 Å². The fourth-order valence-corrected chi connectivity index (χ4v) is 2.44. The van der Waals surface area contributed by atoms with Gasteiger partial charge >= 0.3 is 0 Å². The van der Waals surface area contributed by atoms with E-state index < -0.39 is 11.7 Å². The van der Waals surface area contributed by atoms with Gasteiger partial charge in [0, 0.05) is 10.6 Å². The maximum Gasteiger partial charge on any atom is 0.255 e. The maximum absolute atomic E-state index is 13.0. The second-order valence-electron chi connectivity index (χ2n) is 3.93. The molecular weight excluding hydrogens is 326 g/mol. The molecule has 0 saturated heterocycles. The Morgan fingerprint density at radius 1 is 1.10 bits per heavy atom. The summed E-state index contributed by atoms with van der Waals surface area (Å²) in [5, 5.41) is 3.28. The van der Waals surface area contributed by atoms with Gasteiger partial charge in [-0.3, -0.25) is 4.79 Å². The third-order valence-corrected chi connectivity index (χ3v) is 3.32. The summed E-state index contributed by atoms with van der Waals surface area (Å²) in [6.45, 7) is 0. The molecule has 3 nitrogen and oxygen atoms in total. The third-order valence-electron chi connectivity index (χ3n) is 2.50. The average molecular weight is 334 g/mol. The number of hydrogen-bond donors (Lipinski definition) is 2. The van der Waals surface area contributed by atoms with Crippen molar-refractivity contribution in [2.75, 3.05) is 11.1 Å². The molecule has 3 N–H and O–H groups in total. The number of carbonyl (C=O) groups excluding carboxylic acids is 1. The van der Waals surface area contributed by atoms with Gasteiger partial charge < -0.3 is 11.1 Å². The number of nitrogens with two attached hydrogens (primary N) is 1. The maximum atomic E-state index is 13.0. The topological polar surface area (TPSA) is 55.1 Å². The number of anilines is 2. The van der Waals surface area contributed by atoms with Crippen LogP contribution in [-0.2, 0) is 0 Å². The lowest BCUT2D eigenvalue weighted by atomic mass is 10.1. The van der Waals surface area contributed by atoms with Crippen molar-refractivity contribution in [2.24, 2.45) is 0 Å². The fourth-order valence-electron chi connectivity index (χ4n) is 1.53. The van der Waals surface area contributed by atoms with Crippen molar-refractivity contribution in [3.8, 4) is 0 Å².